The van der Waals surface area contributed by atoms with Crippen molar-refractivity contribution < 1.29 is 9.59 Å². The van der Waals surface area contributed by atoms with Crippen LogP contribution in [0.3, 0.4) is 0 Å². The smallest absolute Gasteiger partial charge is 0.244 e. The van der Waals surface area contributed by atoms with Gasteiger partial charge in [0.15, 0.2) is 5.16 Å². The average molecular weight is 465 g/mol. The molecule has 0 aliphatic heterocycles. The van der Waals surface area contributed by atoms with Gasteiger partial charge in [0.05, 0.1) is 16.8 Å². The number of thioether (sulfide) groups is 1. The molecule has 2 amide bonds. The molecule has 4 aromatic rings. The van der Waals surface area contributed by atoms with E-state index in [0.29, 0.717) is 15.9 Å². The zero-order valence-electron chi connectivity index (χ0n) is 17.3. The van der Waals surface area contributed by atoms with Crippen LogP contribution in [0, 0.1) is 6.92 Å². The van der Waals surface area contributed by atoms with Crippen molar-refractivity contribution in [3.63, 3.8) is 0 Å². The molecule has 2 N–H and O–H groups in total. The van der Waals surface area contributed by atoms with Gasteiger partial charge in [-0.25, -0.2) is 4.98 Å². The summed E-state index contributed by atoms with van der Waals surface area (Å²) in [6.45, 7) is 2.06. The van der Waals surface area contributed by atoms with Crippen molar-refractivity contribution in [2.45, 2.75) is 18.6 Å². The lowest BCUT2D eigenvalue weighted by Crippen LogP contribution is -2.20. The number of amides is 2. The van der Waals surface area contributed by atoms with Crippen LogP contribution in [0.4, 0.5) is 11.4 Å². The standard InChI is InChI=1S/C24H21ClN4O2S/c1-16-9-11-18(12-10-16)26-23(31)15-32-24-28-20-7-2-3-8-21(20)29(24)14-22(30)27-19-6-4-5-17(25)13-19/h2-13H,14-15H2,1H3,(H,26,31)(H,27,30). The summed E-state index contributed by atoms with van der Waals surface area (Å²) >= 11 is 7.30. The minimum Gasteiger partial charge on any atom is -0.325 e. The van der Waals surface area contributed by atoms with Crippen LogP contribution in [-0.4, -0.2) is 27.1 Å². The zero-order valence-corrected chi connectivity index (χ0v) is 18.9. The first kappa shape index (κ1) is 21.9. The predicted octanol–water partition coefficient (Wildman–Crippen LogP) is 5.37. The van der Waals surface area contributed by atoms with Crippen molar-refractivity contribution >= 4 is 57.6 Å². The molecule has 0 aliphatic rings. The molecule has 0 saturated heterocycles. The third kappa shape index (κ3) is 5.49. The molecule has 1 heterocycles. The molecule has 6 nitrogen and oxygen atoms in total. The summed E-state index contributed by atoms with van der Waals surface area (Å²) in [4.78, 5) is 29.8. The Balaban J connectivity index is 1.47. The topological polar surface area (TPSA) is 76.0 Å². The molecule has 0 fully saturated rings. The molecular weight excluding hydrogens is 444 g/mol. The molecule has 0 spiro atoms. The fourth-order valence-corrected chi connectivity index (χ4v) is 4.20. The van der Waals surface area contributed by atoms with Gasteiger partial charge >= 0.3 is 0 Å². The van der Waals surface area contributed by atoms with Gasteiger partial charge in [0, 0.05) is 16.4 Å². The van der Waals surface area contributed by atoms with Crippen molar-refractivity contribution in [2.75, 3.05) is 16.4 Å². The number of nitrogens with one attached hydrogen (secondary N) is 2. The summed E-state index contributed by atoms with van der Waals surface area (Å²) in [6, 6.07) is 22.2. The van der Waals surface area contributed by atoms with Crippen LogP contribution in [0.2, 0.25) is 5.02 Å². The summed E-state index contributed by atoms with van der Waals surface area (Å²) in [5.41, 5.74) is 4.09. The number of carbonyl (C=O) groups is 2. The van der Waals surface area contributed by atoms with E-state index in [1.165, 1.54) is 11.8 Å². The molecule has 0 radical (unpaired) electrons. The number of aromatic nitrogens is 2. The van der Waals surface area contributed by atoms with Crippen LogP contribution in [0.25, 0.3) is 11.0 Å². The van der Waals surface area contributed by atoms with E-state index in [2.05, 4.69) is 15.6 Å². The summed E-state index contributed by atoms with van der Waals surface area (Å²) in [5.74, 6) is -0.171. The van der Waals surface area contributed by atoms with Crippen LogP contribution in [0.1, 0.15) is 5.56 Å². The highest BCUT2D eigenvalue weighted by molar-refractivity contribution is 7.99. The van der Waals surface area contributed by atoms with Gasteiger partial charge in [0.1, 0.15) is 6.54 Å². The number of nitrogens with zero attached hydrogens (tertiary/aromatic N) is 2. The van der Waals surface area contributed by atoms with Crippen LogP contribution in [0.5, 0.6) is 0 Å². The second kappa shape index (κ2) is 9.89. The number of rotatable bonds is 7. The predicted molar refractivity (Wildman–Crippen MR) is 130 cm³/mol. The van der Waals surface area contributed by atoms with Crippen molar-refractivity contribution in [2.24, 2.45) is 0 Å². The van der Waals surface area contributed by atoms with Crippen molar-refractivity contribution in [1.82, 2.24) is 9.55 Å². The second-order valence-corrected chi connectivity index (χ2v) is 8.61. The van der Waals surface area contributed by atoms with Gasteiger partial charge in [-0.05, 0) is 49.4 Å². The Kier molecular flexibility index (Phi) is 6.78. The molecule has 0 aliphatic carbocycles. The number of hydrogen-bond acceptors (Lipinski definition) is 4. The first-order valence-electron chi connectivity index (χ1n) is 9.98. The third-order valence-electron chi connectivity index (χ3n) is 4.70. The maximum Gasteiger partial charge on any atom is 0.244 e. The van der Waals surface area contributed by atoms with Crippen LogP contribution in [0.15, 0.2) is 78.0 Å². The number of benzene rings is 3. The molecule has 8 heteroatoms. The molecule has 4 rings (SSSR count). The van der Waals surface area contributed by atoms with Gasteiger partial charge in [-0.1, -0.05) is 59.3 Å². The number of fused-ring (bicyclic) bond motifs is 1. The summed E-state index contributed by atoms with van der Waals surface area (Å²) in [7, 11) is 0. The van der Waals surface area contributed by atoms with Gasteiger partial charge in [-0.3, -0.25) is 9.59 Å². The van der Waals surface area contributed by atoms with Gasteiger partial charge in [0.25, 0.3) is 0 Å². The molecule has 1 aromatic heterocycles. The molecule has 0 bridgehead atoms. The van der Waals surface area contributed by atoms with E-state index >= 15 is 0 Å². The SMILES string of the molecule is Cc1ccc(NC(=O)CSc2nc3ccccc3n2CC(=O)Nc2cccc(Cl)c2)cc1. The van der Waals surface area contributed by atoms with Crippen LogP contribution in [-0.2, 0) is 16.1 Å². The van der Waals surface area contributed by atoms with E-state index < -0.39 is 0 Å². The van der Waals surface area contributed by atoms with Crippen LogP contribution >= 0.6 is 23.4 Å². The lowest BCUT2D eigenvalue weighted by Gasteiger charge is -2.10. The minimum atomic E-state index is -0.207. The van der Waals surface area contributed by atoms with Crippen molar-refractivity contribution in [1.29, 1.82) is 0 Å². The Morgan fingerprint density at radius 2 is 1.69 bits per heavy atom. The monoisotopic (exact) mass is 464 g/mol. The number of anilines is 2. The van der Waals surface area contributed by atoms with Crippen molar-refractivity contribution in [3.8, 4) is 0 Å². The Bertz CT molecular complexity index is 1270. The Labute approximate surface area is 195 Å². The van der Waals surface area contributed by atoms with E-state index in [9.17, 15) is 9.59 Å². The lowest BCUT2D eigenvalue weighted by atomic mass is 10.2. The first-order chi connectivity index (χ1) is 15.5. The Hall–Kier alpha value is -3.29. The fourth-order valence-electron chi connectivity index (χ4n) is 3.19. The maximum absolute atomic E-state index is 12.7. The largest absolute Gasteiger partial charge is 0.325 e. The first-order valence-corrected chi connectivity index (χ1v) is 11.3. The molecule has 32 heavy (non-hydrogen) atoms. The highest BCUT2D eigenvalue weighted by atomic mass is 35.5. The Morgan fingerprint density at radius 3 is 2.47 bits per heavy atom. The molecule has 3 aromatic carbocycles. The molecular formula is C24H21ClN4O2S. The molecule has 0 saturated carbocycles. The number of halogens is 1. The van der Waals surface area contributed by atoms with Gasteiger partial charge in [-0.15, -0.1) is 0 Å². The van der Waals surface area contributed by atoms with E-state index in [1.807, 2.05) is 60.0 Å². The molecule has 0 unspecified atom stereocenters. The number of hydrogen-bond donors (Lipinski definition) is 2. The van der Waals surface area contributed by atoms with E-state index in [-0.39, 0.29) is 24.1 Å². The van der Waals surface area contributed by atoms with Gasteiger partial charge < -0.3 is 15.2 Å². The van der Waals surface area contributed by atoms with Gasteiger partial charge in [0.2, 0.25) is 11.8 Å². The second-order valence-electron chi connectivity index (χ2n) is 7.23. The highest BCUT2D eigenvalue weighted by Crippen LogP contribution is 2.25. The van der Waals surface area contributed by atoms with E-state index in [0.717, 1.165) is 22.3 Å². The number of imidazole rings is 1. The van der Waals surface area contributed by atoms with E-state index in [1.54, 1.807) is 24.3 Å². The quantitative estimate of drug-likeness (QED) is 0.360. The molecule has 0 atom stereocenters. The summed E-state index contributed by atoms with van der Waals surface area (Å²) < 4.78 is 1.82. The van der Waals surface area contributed by atoms with E-state index in [4.69, 9.17) is 11.6 Å². The number of carbonyl (C=O) groups excluding carboxylic acids is 2. The normalized spacial score (nSPS) is 10.8. The van der Waals surface area contributed by atoms with Crippen molar-refractivity contribution in [3.05, 3.63) is 83.4 Å². The average Bonchev–Trinajstić information content (AvgIpc) is 3.11. The third-order valence-corrected chi connectivity index (χ3v) is 5.91. The minimum absolute atomic E-state index is 0.0644. The number of aryl methyl sites for hydroxylation is 1. The molecule has 162 valence electrons. The van der Waals surface area contributed by atoms with Gasteiger partial charge in [-0.2, -0.15) is 0 Å². The van der Waals surface area contributed by atoms with Crippen LogP contribution < -0.4 is 10.6 Å². The highest BCUT2D eigenvalue weighted by Gasteiger charge is 2.16. The Morgan fingerprint density at radius 1 is 0.938 bits per heavy atom. The summed E-state index contributed by atoms with van der Waals surface area (Å²) in [5, 5.41) is 6.89. The maximum atomic E-state index is 12.7. The lowest BCUT2D eigenvalue weighted by molar-refractivity contribution is -0.117. The zero-order chi connectivity index (χ0) is 22.5. The fraction of sp³-hybridized carbons (Fsp3) is 0.125. The summed E-state index contributed by atoms with van der Waals surface area (Å²) in [6.07, 6.45) is 0. The number of para-hydroxylation sites is 2.